The Labute approximate surface area is 225 Å². The number of hydrogen-bond donors (Lipinski definition) is 0. The number of carbonyl (C=O) groups excluding carboxylic acids is 2. The average Bonchev–Trinajstić information content (AvgIpc) is 3.45. The van der Waals surface area contributed by atoms with Crippen molar-refractivity contribution >= 4 is 17.5 Å². The van der Waals surface area contributed by atoms with Crippen molar-refractivity contribution in [1.82, 2.24) is 14.7 Å². The van der Waals surface area contributed by atoms with Crippen molar-refractivity contribution in [1.29, 1.82) is 0 Å². The van der Waals surface area contributed by atoms with E-state index in [0.29, 0.717) is 44.2 Å². The number of morpholine rings is 1. The second-order valence-electron chi connectivity index (χ2n) is 9.39. The van der Waals surface area contributed by atoms with Crippen LogP contribution in [-0.4, -0.2) is 77.4 Å². The molecule has 0 atom stereocenters. The fourth-order valence-corrected chi connectivity index (χ4v) is 4.36. The topological polar surface area (TPSA) is 109 Å². The lowest BCUT2D eigenvalue weighted by Gasteiger charge is -2.31. The lowest BCUT2D eigenvalue weighted by Crippen LogP contribution is -2.47. The molecule has 1 saturated heterocycles. The molecule has 3 aromatic rings. The van der Waals surface area contributed by atoms with Gasteiger partial charge in [-0.05, 0) is 42.8 Å². The summed E-state index contributed by atoms with van der Waals surface area (Å²) in [5, 5.41) is 11.5. The second-order valence-corrected chi connectivity index (χ2v) is 9.39. The summed E-state index contributed by atoms with van der Waals surface area (Å²) in [6.45, 7) is 5.07. The zero-order chi connectivity index (χ0) is 27.8. The van der Waals surface area contributed by atoms with Gasteiger partial charge in [-0.3, -0.25) is 24.6 Å². The third kappa shape index (κ3) is 7.71. The third-order valence-corrected chi connectivity index (χ3v) is 6.62. The fraction of sp³-hybridized carbons (Fsp3) is 0.357. The normalized spacial score (nSPS) is 13.7. The van der Waals surface area contributed by atoms with E-state index >= 15 is 0 Å². The number of nitrogens with zero attached hydrogens (tertiary/aromatic N) is 4. The summed E-state index contributed by atoms with van der Waals surface area (Å²) in [6.07, 6.45) is 1.51. The molecule has 1 aliphatic rings. The highest BCUT2D eigenvalue weighted by molar-refractivity contribution is 5.97. The van der Waals surface area contributed by atoms with Gasteiger partial charge in [0.1, 0.15) is 18.1 Å². The number of benzene rings is 2. The number of rotatable bonds is 11. The monoisotopic (exact) mass is 538 g/mol. The molecule has 0 spiro atoms. The molecule has 2 aromatic carbocycles. The molecule has 10 nitrogen and oxygen atoms in total. The Kier molecular flexibility index (Phi) is 9.40. The Balaban J connectivity index is 1.56. The standard InChI is InChI=1S/C28H31FN4O6/c1-21-4-7-23(17-26(21)33(36)37)28(35)31(11-10-30-12-15-38-16-13-30)20-27(34)32(19-25-3-2-14-39-25)18-22-5-8-24(29)9-6-22/h2-9,14,17H,10-13,15-16,18-20H2,1H3. The molecular formula is C28H31FN4O6. The molecule has 2 amide bonds. The van der Waals surface area contributed by atoms with Gasteiger partial charge in [0.15, 0.2) is 0 Å². The Morgan fingerprint density at radius 2 is 1.79 bits per heavy atom. The maximum Gasteiger partial charge on any atom is 0.273 e. The number of amides is 2. The first-order valence-electron chi connectivity index (χ1n) is 12.7. The minimum Gasteiger partial charge on any atom is -0.467 e. The minimum absolute atomic E-state index is 0.137. The highest BCUT2D eigenvalue weighted by Crippen LogP contribution is 2.21. The molecule has 0 bridgehead atoms. The van der Waals surface area contributed by atoms with Crippen molar-refractivity contribution < 1.29 is 28.1 Å². The predicted octanol–water partition coefficient (Wildman–Crippen LogP) is 3.64. The zero-order valence-electron chi connectivity index (χ0n) is 21.8. The number of hydrogen-bond acceptors (Lipinski definition) is 7. The molecule has 1 aliphatic heterocycles. The van der Waals surface area contributed by atoms with Crippen molar-refractivity contribution in [2.24, 2.45) is 0 Å². The van der Waals surface area contributed by atoms with Gasteiger partial charge >= 0.3 is 0 Å². The van der Waals surface area contributed by atoms with E-state index in [1.165, 1.54) is 41.5 Å². The van der Waals surface area contributed by atoms with Crippen LogP contribution in [0.5, 0.6) is 0 Å². The van der Waals surface area contributed by atoms with E-state index in [0.717, 1.165) is 5.56 Å². The van der Waals surface area contributed by atoms with Gasteiger partial charge in [0.2, 0.25) is 5.91 Å². The van der Waals surface area contributed by atoms with Crippen molar-refractivity contribution in [3.63, 3.8) is 0 Å². The van der Waals surface area contributed by atoms with Gasteiger partial charge in [-0.25, -0.2) is 4.39 Å². The molecule has 206 valence electrons. The van der Waals surface area contributed by atoms with E-state index in [4.69, 9.17) is 9.15 Å². The Morgan fingerprint density at radius 3 is 2.46 bits per heavy atom. The van der Waals surface area contributed by atoms with E-state index in [1.54, 1.807) is 36.1 Å². The van der Waals surface area contributed by atoms with Crippen LogP contribution >= 0.6 is 0 Å². The maximum absolute atomic E-state index is 13.6. The van der Waals surface area contributed by atoms with Crippen molar-refractivity contribution in [3.05, 3.63) is 99.2 Å². The maximum atomic E-state index is 13.6. The molecule has 2 heterocycles. The molecule has 0 radical (unpaired) electrons. The molecule has 39 heavy (non-hydrogen) atoms. The number of aryl methyl sites for hydroxylation is 1. The number of ether oxygens (including phenoxy) is 1. The fourth-order valence-electron chi connectivity index (χ4n) is 4.36. The van der Waals surface area contributed by atoms with E-state index in [-0.39, 0.29) is 49.2 Å². The van der Waals surface area contributed by atoms with Crippen LogP contribution in [0.2, 0.25) is 0 Å². The van der Waals surface area contributed by atoms with Gasteiger partial charge in [0.25, 0.3) is 11.6 Å². The second kappa shape index (κ2) is 13.1. The van der Waals surface area contributed by atoms with Gasteiger partial charge in [-0.2, -0.15) is 0 Å². The summed E-state index contributed by atoms with van der Waals surface area (Å²) in [6, 6.07) is 13.6. The van der Waals surface area contributed by atoms with Crippen LogP contribution in [0.15, 0.2) is 65.3 Å². The number of halogens is 1. The van der Waals surface area contributed by atoms with Crippen molar-refractivity contribution in [3.8, 4) is 0 Å². The summed E-state index contributed by atoms with van der Waals surface area (Å²) < 4.78 is 24.3. The van der Waals surface area contributed by atoms with Crippen LogP contribution in [0.25, 0.3) is 0 Å². The van der Waals surface area contributed by atoms with Gasteiger partial charge in [0, 0.05) is 49.9 Å². The summed E-state index contributed by atoms with van der Waals surface area (Å²) in [5.74, 6) is -0.632. The van der Waals surface area contributed by atoms with Gasteiger partial charge in [-0.1, -0.05) is 18.2 Å². The van der Waals surface area contributed by atoms with Gasteiger partial charge < -0.3 is 19.0 Å². The highest BCUT2D eigenvalue weighted by atomic mass is 19.1. The molecule has 0 saturated carbocycles. The average molecular weight is 539 g/mol. The van der Waals surface area contributed by atoms with Gasteiger partial charge in [0.05, 0.1) is 30.9 Å². The third-order valence-electron chi connectivity index (χ3n) is 6.62. The number of furan rings is 1. The quantitative estimate of drug-likeness (QED) is 0.271. The van der Waals surface area contributed by atoms with Crippen LogP contribution < -0.4 is 0 Å². The summed E-state index contributed by atoms with van der Waals surface area (Å²) >= 11 is 0. The Morgan fingerprint density at radius 1 is 1.05 bits per heavy atom. The molecule has 11 heteroatoms. The summed E-state index contributed by atoms with van der Waals surface area (Å²) in [5.41, 5.74) is 1.14. The van der Waals surface area contributed by atoms with Crippen LogP contribution in [0.1, 0.15) is 27.2 Å². The van der Waals surface area contributed by atoms with Crippen molar-refractivity contribution in [2.75, 3.05) is 45.9 Å². The van der Waals surface area contributed by atoms with Crippen LogP contribution in [0.3, 0.4) is 0 Å². The van der Waals surface area contributed by atoms with E-state index in [1.807, 2.05) is 0 Å². The molecule has 1 fully saturated rings. The molecule has 0 aliphatic carbocycles. The van der Waals surface area contributed by atoms with E-state index in [2.05, 4.69) is 4.90 Å². The molecule has 0 N–H and O–H groups in total. The lowest BCUT2D eigenvalue weighted by atomic mass is 10.1. The van der Waals surface area contributed by atoms with Crippen LogP contribution in [-0.2, 0) is 22.6 Å². The first-order chi connectivity index (χ1) is 18.8. The first kappa shape index (κ1) is 27.9. The number of nitro benzene ring substituents is 1. The predicted molar refractivity (Wildman–Crippen MR) is 140 cm³/mol. The number of nitro groups is 1. The van der Waals surface area contributed by atoms with E-state index in [9.17, 15) is 24.1 Å². The van der Waals surface area contributed by atoms with Crippen LogP contribution in [0, 0.1) is 22.9 Å². The minimum atomic E-state index is -0.525. The molecule has 1 aromatic heterocycles. The highest BCUT2D eigenvalue weighted by Gasteiger charge is 2.26. The Hall–Kier alpha value is -4.09. The largest absolute Gasteiger partial charge is 0.467 e. The zero-order valence-corrected chi connectivity index (χ0v) is 21.8. The summed E-state index contributed by atoms with van der Waals surface area (Å²) in [7, 11) is 0. The van der Waals surface area contributed by atoms with Gasteiger partial charge in [-0.15, -0.1) is 0 Å². The van der Waals surface area contributed by atoms with Crippen molar-refractivity contribution in [2.45, 2.75) is 20.0 Å². The molecule has 4 rings (SSSR count). The first-order valence-corrected chi connectivity index (χ1v) is 12.7. The smallest absolute Gasteiger partial charge is 0.273 e. The molecule has 0 unspecified atom stereocenters. The lowest BCUT2D eigenvalue weighted by molar-refractivity contribution is -0.385. The van der Waals surface area contributed by atoms with E-state index < -0.39 is 10.8 Å². The molecular weight excluding hydrogens is 507 g/mol. The number of carbonyl (C=O) groups is 2. The SMILES string of the molecule is Cc1ccc(C(=O)N(CCN2CCOCC2)CC(=O)N(Cc2ccc(F)cc2)Cc2ccco2)cc1[N+](=O)[O-]. The Bertz CT molecular complexity index is 1280. The van der Waals surface area contributed by atoms with Crippen LogP contribution in [0.4, 0.5) is 10.1 Å². The summed E-state index contributed by atoms with van der Waals surface area (Å²) in [4.78, 5) is 43.3.